The van der Waals surface area contributed by atoms with E-state index in [-0.39, 0.29) is 11.3 Å². The summed E-state index contributed by atoms with van der Waals surface area (Å²) >= 11 is 0. The molecule has 0 saturated heterocycles. The van der Waals surface area contributed by atoms with Crippen LogP contribution >= 0.6 is 0 Å². The van der Waals surface area contributed by atoms with Crippen molar-refractivity contribution in [1.29, 1.82) is 0 Å². The highest BCUT2D eigenvalue weighted by Crippen LogP contribution is 2.21. The minimum atomic E-state index is -0.701. The van der Waals surface area contributed by atoms with Crippen LogP contribution in [0.25, 0.3) is 0 Å². The van der Waals surface area contributed by atoms with E-state index < -0.39 is 10.8 Å². The number of primary amides is 1. The molecule has 0 unspecified atom stereocenters. The van der Waals surface area contributed by atoms with Crippen LogP contribution in [0.1, 0.15) is 16.8 Å². The molecule has 0 spiro atoms. The van der Waals surface area contributed by atoms with Gasteiger partial charge >= 0.3 is 0 Å². The number of ether oxygens (including phenoxy) is 1. The highest BCUT2D eigenvalue weighted by Gasteiger charge is 2.14. The zero-order chi connectivity index (χ0) is 13.5. The quantitative estimate of drug-likeness (QED) is 0.430. The number of carbonyl (C=O) groups is 1. The van der Waals surface area contributed by atoms with Gasteiger partial charge in [0, 0.05) is 38.1 Å². The van der Waals surface area contributed by atoms with Gasteiger partial charge in [0.15, 0.2) is 0 Å². The molecule has 0 aliphatic heterocycles. The van der Waals surface area contributed by atoms with Crippen LogP contribution in [0.15, 0.2) is 18.2 Å². The van der Waals surface area contributed by atoms with Crippen LogP contribution in [-0.2, 0) is 4.74 Å². The third-order valence-corrected chi connectivity index (χ3v) is 2.32. The summed E-state index contributed by atoms with van der Waals surface area (Å²) in [5.41, 5.74) is 5.63. The van der Waals surface area contributed by atoms with Gasteiger partial charge in [0.25, 0.3) is 11.6 Å². The van der Waals surface area contributed by atoms with E-state index >= 15 is 0 Å². The topological polar surface area (TPSA) is 107 Å². The standard InChI is InChI=1S/C11H15N3O4/c1-18-6-2-5-13-10-4-3-8(14(16)17)7-9(10)11(12)15/h3-4,7,13H,2,5-6H2,1H3,(H2,12,15). The molecule has 0 radical (unpaired) electrons. The lowest BCUT2D eigenvalue weighted by molar-refractivity contribution is -0.384. The average Bonchev–Trinajstić information content (AvgIpc) is 2.34. The van der Waals surface area contributed by atoms with Crippen LogP contribution in [0.5, 0.6) is 0 Å². The fraction of sp³-hybridized carbons (Fsp3) is 0.364. The average molecular weight is 253 g/mol. The van der Waals surface area contributed by atoms with Gasteiger partial charge in [0.05, 0.1) is 10.5 Å². The van der Waals surface area contributed by atoms with E-state index in [0.29, 0.717) is 18.8 Å². The molecule has 3 N–H and O–H groups in total. The smallest absolute Gasteiger partial charge is 0.270 e. The molecule has 1 aromatic rings. The van der Waals surface area contributed by atoms with Gasteiger partial charge in [-0.15, -0.1) is 0 Å². The highest BCUT2D eigenvalue weighted by atomic mass is 16.6. The summed E-state index contributed by atoms with van der Waals surface area (Å²) in [7, 11) is 1.60. The lowest BCUT2D eigenvalue weighted by Crippen LogP contribution is -2.15. The monoisotopic (exact) mass is 253 g/mol. The van der Waals surface area contributed by atoms with E-state index in [0.717, 1.165) is 6.42 Å². The van der Waals surface area contributed by atoms with E-state index in [1.54, 1.807) is 7.11 Å². The normalized spacial score (nSPS) is 10.1. The van der Waals surface area contributed by atoms with Gasteiger partial charge in [-0.05, 0) is 12.5 Å². The second-order valence-electron chi connectivity index (χ2n) is 3.62. The van der Waals surface area contributed by atoms with Crippen molar-refractivity contribution in [2.45, 2.75) is 6.42 Å². The second-order valence-corrected chi connectivity index (χ2v) is 3.62. The van der Waals surface area contributed by atoms with E-state index in [4.69, 9.17) is 10.5 Å². The van der Waals surface area contributed by atoms with Gasteiger partial charge in [-0.1, -0.05) is 0 Å². The van der Waals surface area contributed by atoms with Crippen LogP contribution in [0.3, 0.4) is 0 Å². The van der Waals surface area contributed by atoms with Crippen molar-refractivity contribution in [2.24, 2.45) is 5.73 Å². The fourth-order valence-corrected chi connectivity index (χ4v) is 1.44. The number of nitrogens with one attached hydrogen (secondary N) is 1. The number of amides is 1. The minimum absolute atomic E-state index is 0.113. The Balaban J connectivity index is 2.83. The van der Waals surface area contributed by atoms with Crippen molar-refractivity contribution in [3.63, 3.8) is 0 Å². The summed E-state index contributed by atoms with van der Waals surface area (Å²) in [5, 5.41) is 13.6. The van der Waals surface area contributed by atoms with Gasteiger partial charge in [-0.2, -0.15) is 0 Å². The number of nitro benzene ring substituents is 1. The Morgan fingerprint density at radius 2 is 2.28 bits per heavy atom. The summed E-state index contributed by atoms with van der Waals surface area (Å²) in [4.78, 5) is 21.3. The molecule has 98 valence electrons. The Labute approximate surface area is 104 Å². The number of carbonyl (C=O) groups excluding carboxylic acids is 1. The summed E-state index contributed by atoms with van der Waals surface area (Å²) in [6, 6.07) is 3.97. The summed E-state index contributed by atoms with van der Waals surface area (Å²) in [6.07, 6.45) is 0.756. The van der Waals surface area contributed by atoms with E-state index in [1.807, 2.05) is 0 Å². The number of hydrogen-bond acceptors (Lipinski definition) is 5. The van der Waals surface area contributed by atoms with Gasteiger partial charge in [0.2, 0.25) is 0 Å². The second kappa shape index (κ2) is 6.55. The first kappa shape index (κ1) is 13.9. The van der Waals surface area contributed by atoms with Gasteiger partial charge in [0.1, 0.15) is 0 Å². The van der Waals surface area contributed by atoms with E-state index in [2.05, 4.69) is 5.32 Å². The Bertz CT molecular complexity index is 448. The number of nitrogens with two attached hydrogens (primary N) is 1. The number of hydrogen-bond donors (Lipinski definition) is 2. The maximum absolute atomic E-state index is 11.2. The summed E-state index contributed by atoms with van der Waals surface area (Å²) < 4.78 is 4.89. The van der Waals surface area contributed by atoms with E-state index in [9.17, 15) is 14.9 Å². The molecule has 0 heterocycles. The lowest BCUT2D eigenvalue weighted by atomic mass is 10.1. The molecule has 0 aromatic heterocycles. The largest absolute Gasteiger partial charge is 0.385 e. The van der Waals surface area contributed by atoms with Crippen molar-refractivity contribution in [2.75, 3.05) is 25.6 Å². The Kier molecular flexibility index (Phi) is 5.06. The van der Waals surface area contributed by atoms with E-state index in [1.165, 1.54) is 18.2 Å². The molecule has 18 heavy (non-hydrogen) atoms. The molecule has 1 aromatic carbocycles. The van der Waals surface area contributed by atoms with Crippen molar-refractivity contribution >= 4 is 17.3 Å². The van der Waals surface area contributed by atoms with Crippen LogP contribution in [-0.4, -0.2) is 31.1 Å². The minimum Gasteiger partial charge on any atom is -0.385 e. The van der Waals surface area contributed by atoms with Gasteiger partial charge in [-0.25, -0.2) is 0 Å². The van der Waals surface area contributed by atoms with Crippen LogP contribution in [0.2, 0.25) is 0 Å². The number of methoxy groups -OCH3 is 1. The number of anilines is 1. The lowest BCUT2D eigenvalue weighted by Gasteiger charge is -2.09. The third kappa shape index (κ3) is 3.70. The number of benzene rings is 1. The molecule has 7 nitrogen and oxygen atoms in total. The molecule has 0 bridgehead atoms. The van der Waals surface area contributed by atoms with Gasteiger partial charge < -0.3 is 15.8 Å². The van der Waals surface area contributed by atoms with Crippen molar-refractivity contribution in [1.82, 2.24) is 0 Å². The first-order chi connectivity index (χ1) is 8.56. The molecule has 0 aliphatic rings. The molecule has 1 rings (SSSR count). The van der Waals surface area contributed by atoms with Crippen LogP contribution in [0.4, 0.5) is 11.4 Å². The maximum atomic E-state index is 11.2. The molecule has 0 saturated carbocycles. The Morgan fingerprint density at radius 3 is 2.83 bits per heavy atom. The number of nitrogens with zero attached hydrogens (tertiary/aromatic N) is 1. The van der Waals surface area contributed by atoms with Gasteiger partial charge in [-0.3, -0.25) is 14.9 Å². The molecular formula is C11H15N3O4. The molecule has 0 aliphatic carbocycles. The Hall–Kier alpha value is -2.15. The third-order valence-electron chi connectivity index (χ3n) is 2.32. The SMILES string of the molecule is COCCCNc1ccc([N+](=O)[O-])cc1C(N)=O. The van der Waals surface area contributed by atoms with Crippen molar-refractivity contribution in [3.8, 4) is 0 Å². The number of nitro groups is 1. The molecule has 7 heteroatoms. The summed E-state index contributed by atoms with van der Waals surface area (Å²) in [5.74, 6) is -0.701. The predicted molar refractivity (Wildman–Crippen MR) is 66.6 cm³/mol. The fourth-order valence-electron chi connectivity index (χ4n) is 1.44. The molecule has 0 fully saturated rings. The van der Waals surface area contributed by atoms with Crippen LogP contribution in [0, 0.1) is 10.1 Å². The molecule has 1 amide bonds. The first-order valence-corrected chi connectivity index (χ1v) is 5.37. The summed E-state index contributed by atoms with van der Waals surface area (Å²) in [6.45, 7) is 1.18. The zero-order valence-corrected chi connectivity index (χ0v) is 10.0. The molecule has 0 atom stereocenters. The highest BCUT2D eigenvalue weighted by molar-refractivity contribution is 5.99. The predicted octanol–water partition coefficient (Wildman–Crippen LogP) is 1.14. The Morgan fingerprint density at radius 1 is 1.56 bits per heavy atom. The zero-order valence-electron chi connectivity index (χ0n) is 10.0. The number of rotatable bonds is 7. The van der Waals surface area contributed by atoms with Crippen LogP contribution < -0.4 is 11.1 Å². The van der Waals surface area contributed by atoms with Crippen molar-refractivity contribution in [3.05, 3.63) is 33.9 Å². The van der Waals surface area contributed by atoms with Crippen molar-refractivity contribution < 1.29 is 14.5 Å². The number of non-ortho nitro benzene ring substituents is 1. The molecular weight excluding hydrogens is 238 g/mol. The first-order valence-electron chi connectivity index (χ1n) is 5.37. The maximum Gasteiger partial charge on any atom is 0.270 e.